The molecule has 2 rings (SSSR count). The molecule has 0 bridgehead atoms. The third kappa shape index (κ3) is 5.29. The van der Waals surface area contributed by atoms with Crippen LogP contribution in [0.2, 0.25) is 5.02 Å². The monoisotopic (exact) mass is 410 g/mol. The molecular weight excluding hydrogens is 392 g/mol. The van der Waals surface area contributed by atoms with Crippen molar-refractivity contribution in [2.45, 2.75) is 24.8 Å². The largest absolute Gasteiger partial charge is 0.449 e. The Bertz CT molecular complexity index is 975. The molecular formula is C18H19ClN2O5S. The summed E-state index contributed by atoms with van der Waals surface area (Å²) in [5, 5.41) is 2.61. The van der Waals surface area contributed by atoms with Gasteiger partial charge < -0.3 is 10.1 Å². The van der Waals surface area contributed by atoms with Crippen LogP contribution in [0.3, 0.4) is 0 Å². The Morgan fingerprint density at radius 3 is 2.48 bits per heavy atom. The van der Waals surface area contributed by atoms with E-state index in [9.17, 15) is 18.0 Å². The number of ether oxygens (including phenoxy) is 1. The highest BCUT2D eigenvalue weighted by Gasteiger charge is 2.22. The molecule has 0 radical (unpaired) electrons. The van der Waals surface area contributed by atoms with E-state index >= 15 is 0 Å². The van der Waals surface area contributed by atoms with Gasteiger partial charge in [0.05, 0.1) is 10.6 Å². The van der Waals surface area contributed by atoms with E-state index < -0.39 is 28.0 Å². The highest BCUT2D eigenvalue weighted by Crippen LogP contribution is 2.23. The van der Waals surface area contributed by atoms with Crippen LogP contribution < -0.4 is 10.0 Å². The summed E-state index contributed by atoms with van der Waals surface area (Å²) in [5.74, 6) is -1.35. The molecule has 144 valence electrons. The Labute approximate surface area is 162 Å². The third-order valence-corrected chi connectivity index (χ3v) is 5.56. The number of aryl methyl sites for hydroxylation is 1. The second-order valence-electron chi connectivity index (χ2n) is 5.76. The van der Waals surface area contributed by atoms with E-state index in [0.29, 0.717) is 5.69 Å². The lowest BCUT2D eigenvalue weighted by atomic mass is 10.2. The Balaban J connectivity index is 2.12. The Kier molecular flexibility index (Phi) is 6.59. The topological polar surface area (TPSA) is 102 Å². The molecule has 1 atom stereocenters. The highest BCUT2D eigenvalue weighted by molar-refractivity contribution is 7.89. The van der Waals surface area contributed by atoms with Crippen molar-refractivity contribution in [2.24, 2.45) is 0 Å². The van der Waals surface area contributed by atoms with Crippen molar-refractivity contribution in [2.75, 3.05) is 12.4 Å². The smallest absolute Gasteiger partial charge is 0.338 e. The minimum Gasteiger partial charge on any atom is -0.449 e. The summed E-state index contributed by atoms with van der Waals surface area (Å²) in [6, 6.07) is 10.9. The van der Waals surface area contributed by atoms with Gasteiger partial charge in [0.1, 0.15) is 4.90 Å². The molecule has 0 aromatic heterocycles. The van der Waals surface area contributed by atoms with Gasteiger partial charge in [-0.1, -0.05) is 23.7 Å². The lowest BCUT2D eigenvalue weighted by molar-refractivity contribution is -0.123. The van der Waals surface area contributed by atoms with Crippen LogP contribution >= 0.6 is 11.6 Å². The molecule has 0 spiro atoms. The van der Waals surface area contributed by atoms with Gasteiger partial charge in [0.25, 0.3) is 5.91 Å². The summed E-state index contributed by atoms with van der Waals surface area (Å²) in [4.78, 5) is 24.2. The summed E-state index contributed by atoms with van der Waals surface area (Å²) in [6.07, 6.45) is -1.09. The number of sulfonamides is 1. The van der Waals surface area contributed by atoms with E-state index in [2.05, 4.69) is 10.0 Å². The van der Waals surface area contributed by atoms with Crippen LogP contribution in [-0.2, 0) is 19.6 Å². The van der Waals surface area contributed by atoms with Crippen LogP contribution in [0.4, 0.5) is 5.69 Å². The molecule has 0 aliphatic rings. The van der Waals surface area contributed by atoms with Crippen LogP contribution in [0.1, 0.15) is 22.8 Å². The first-order valence-electron chi connectivity index (χ1n) is 7.95. The van der Waals surface area contributed by atoms with Crippen molar-refractivity contribution in [3.8, 4) is 0 Å². The van der Waals surface area contributed by atoms with Crippen molar-refractivity contribution in [1.29, 1.82) is 0 Å². The fourth-order valence-electron chi connectivity index (χ4n) is 2.20. The molecule has 7 nitrogen and oxygen atoms in total. The van der Waals surface area contributed by atoms with E-state index in [-0.39, 0.29) is 15.5 Å². The predicted molar refractivity (Wildman–Crippen MR) is 102 cm³/mol. The van der Waals surface area contributed by atoms with E-state index in [1.165, 1.54) is 26.1 Å². The molecule has 0 unspecified atom stereocenters. The maximum absolute atomic E-state index is 12.3. The number of halogens is 1. The summed E-state index contributed by atoms with van der Waals surface area (Å²) in [7, 11) is -2.61. The van der Waals surface area contributed by atoms with Crippen molar-refractivity contribution >= 4 is 39.2 Å². The van der Waals surface area contributed by atoms with Gasteiger partial charge in [-0.3, -0.25) is 4.79 Å². The number of nitrogens with one attached hydrogen (secondary N) is 2. The number of hydrogen-bond acceptors (Lipinski definition) is 5. The van der Waals surface area contributed by atoms with Crippen molar-refractivity contribution in [1.82, 2.24) is 4.72 Å². The number of esters is 1. The van der Waals surface area contributed by atoms with E-state index in [1.54, 1.807) is 18.2 Å². The number of rotatable bonds is 6. The quantitative estimate of drug-likeness (QED) is 0.713. The number of benzene rings is 2. The summed E-state index contributed by atoms with van der Waals surface area (Å²) < 4.78 is 31.2. The Morgan fingerprint density at radius 1 is 1.15 bits per heavy atom. The van der Waals surface area contributed by atoms with E-state index in [4.69, 9.17) is 16.3 Å². The second-order valence-corrected chi connectivity index (χ2v) is 8.02. The molecule has 0 fully saturated rings. The molecule has 27 heavy (non-hydrogen) atoms. The van der Waals surface area contributed by atoms with Crippen molar-refractivity contribution in [3.05, 3.63) is 58.6 Å². The normalized spacial score (nSPS) is 12.3. The SMILES string of the molecule is CNS(=O)(=O)c1cc(C(=O)O[C@@H](C)C(=O)Nc2cccc(C)c2)ccc1Cl. The minimum absolute atomic E-state index is 0.0360. The van der Waals surface area contributed by atoms with Gasteiger partial charge in [-0.05, 0) is 56.8 Å². The summed E-state index contributed by atoms with van der Waals surface area (Å²) in [6.45, 7) is 3.31. The first kappa shape index (κ1) is 20.9. The number of amides is 1. The summed E-state index contributed by atoms with van der Waals surface area (Å²) in [5.41, 5.74) is 1.51. The van der Waals surface area contributed by atoms with Gasteiger partial charge in [0.2, 0.25) is 10.0 Å². The van der Waals surface area contributed by atoms with Crippen LogP contribution in [-0.4, -0.2) is 33.4 Å². The fourth-order valence-corrected chi connectivity index (χ4v) is 3.44. The zero-order chi connectivity index (χ0) is 20.2. The van der Waals surface area contributed by atoms with Gasteiger partial charge in [-0.2, -0.15) is 0 Å². The number of anilines is 1. The molecule has 2 aromatic rings. The molecule has 2 aromatic carbocycles. The number of hydrogen-bond donors (Lipinski definition) is 2. The summed E-state index contributed by atoms with van der Waals surface area (Å²) >= 11 is 5.89. The standard InChI is InChI=1S/C18H19ClN2O5S/c1-11-5-4-6-14(9-11)21-17(22)12(2)26-18(23)13-7-8-15(19)16(10-13)27(24,25)20-3/h4-10,12,20H,1-3H3,(H,21,22)/t12-/m0/s1. The van der Waals surface area contributed by atoms with Gasteiger partial charge in [0.15, 0.2) is 6.10 Å². The maximum atomic E-state index is 12.3. The molecule has 1 amide bonds. The van der Waals surface area contributed by atoms with Gasteiger partial charge in [0, 0.05) is 5.69 Å². The second kappa shape index (κ2) is 8.51. The van der Waals surface area contributed by atoms with Crippen LogP contribution in [0, 0.1) is 6.92 Å². The predicted octanol–water partition coefficient (Wildman–Crippen LogP) is 2.74. The molecule has 0 aliphatic carbocycles. The molecule has 0 saturated heterocycles. The van der Waals surface area contributed by atoms with Crippen LogP contribution in [0.25, 0.3) is 0 Å². The molecule has 0 saturated carbocycles. The van der Waals surface area contributed by atoms with E-state index in [1.807, 2.05) is 13.0 Å². The fraction of sp³-hybridized carbons (Fsp3) is 0.222. The highest BCUT2D eigenvalue weighted by atomic mass is 35.5. The molecule has 0 aliphatic heterocycles. The zero-order valence-electron chi connectivity index (χ0n) is 14.9. The van der Waals surface area contributed by atoms with Crippen LogP contribution in [0.15, 0.2) is 47.4 Å². The molecule has 0 heterocycles. The number of carbonyl (C=O) groups excluding carboxylic acids is 2. The van der Waals surface area contributed by atoms with Gasteiger partial charge in [-0.25, -0.2) is 17.9 Å². The molecule has 2 N–H and O–H groups in total. The average Bonchev–Trinajstić information content (AvgIpc) is 2.61. The van der Waals surface area contributed by atoms with E-state index in [0.717, 1.165) is 11.6 Å². The first-order chi connectivity index (χ1) is 12.6. The Hall–Kier alpha value is -2.42. The lowest BCUT2D eigenvalue weighted by Gasteiger charge is -2.14. The Morgan fingerprint density at radius 2 is 1.85 bits per heavy atom. The van der Waals surface area contributed by atoms with Gasteiger partial charge in [-0.15, -0.1) is 0 Å². The van der Waals surface area contributed by atoms with Gasteiger partial charge >= 0.3 is 5.97 Å². The zero-order valence-corrected chi connectivity index (χ0v) is 16.5. The van der Waals surface area contributed by atoms with Crippen molar-refractivity contribution < 1.29 is 22.7 Å². The first-order valence-corrected chi connectivity index (χ1v) is 9.82. The minimum atomic E-state index is -3.84. The third-order valence-electron chi connectivity index (χ3n) is 3.66. The molecule has 9 heteroatoms. The average molecular weight is 411 g/mol. The maximum Gasteiger partial charge on any atom is 0.338 e. The lowest BCUT2D eigenvalue weighted by Crippen LogP contribution is -2.30. The van der Waals surface area contributed by atoms with Crippen molar-refractivity contribution in [3.63, 3.8) is 0 Å². The number of carbonyl (C=O) groups is 2. The van der Waals surface area contributed by atoms with Crippen LogP contribution in [0.5, 0.6) is 0 Å².